The molecule has 0 saturated carbocycles. The molecule has 1 aromatic carbocycles. The van der Waals surface area contributed by atoms with Gasteiger partial charge < -0.3 is 15.0 Å². The number of hydrogen-bond donors (Lipinski definition) is 2. The SMILES string of the molecule is CCOC(=O)C1CCCN(c2nc3c(c(=O)[nH]2)C(c2ccccc2F)C(C#N)C(=O)N3)C1. The summed E-state index contributed by atoms with van der Waals surface area (Å²) in [6.45, 7) is 2.90. The van der Waals surface area contributed by atoms with Gasteiger partial charge in [-0.1, -0.05) is 18.2 Å². The third kappa shape index (κ3) is 3.82. The number of piperidine rings is 1. The number of amides is 1. The number of carbonyl (C=O) groups is 2. The largest absolute Gasteiger partial charge is 0.466 e. The lowest BCUT2D eigenvalue weighted by atomic mass is 9.79. The normalized spacial score (nSPS) is 22.5. The van der Waals surface area contributed by atoms with Crippen LogP contribution in [-0.2, 0) is 14.3 Å². The Kier molecular flexibility index (Phi) is 5.90. The molecule has 0 radical (unpaired) electrons. The van der Waals surface area contributed by atoms with Crippen LogP contribution in [0, 0.1) is 29.0 Å². The van der Waals surface area contributed by atoms with Crippen molar-refractivity contribution in [3.63, 3.8) is 0 Å². The summed E-state index contributed by atoms with van der Waals surface area (Å²) in [6, 6.07) is 7.63. The molecule has 1 fully saturated rings. The van der Waals surface area contributed by atoms with E-state index in [4.69, 9.17) is 4.74 Å². The van der Waals surface area contributed by atoms with E-state index in [1.165, 1.54) is 18.2 Å². The maximum absolute atomic E-state index is 14.6. The first-order valence-electron chi connectivity index (χ1n) is 10.4. The average Bonchev–Trinajstić information content (AvgIpc) is 2.78. The summed E-state index contributed by atoms with van der Waals surface area (Å²) in [5.41, 5.74) is -0.462. The van der Waals surface area contributed by atoms with Crippen LogP contribution < -0.4 is 15.8 Å². The van der Waals surface area contributed by atoms with E-state index in [0.29, 0.717) is 25.9 Å². The molecule has 2 N–H and O–H groups in total. The number of aromatic nitrogens is 2. The fourth-order valence-electron chi connectivity index (χ4n) is 4.33. The smallest absolute Gasteiger partial charge is 0.310 e. The van der Waals surface area contributed by atoms with Crippen LogP contribution in [0.5, 0.6) is 0 Å². The lowest BCUT2D eigenvalue weighted by Crippen LogP contribution is -2.43. The molecule has 1 aromatic heterocycles. The molecule has 3 heterocycles. The van der Waals surface area contributed by atoms with Crippen LogP contribution in [0.15, 0.2) is 29.1 Å². The number of nitrogens with zero attached hydrogens (tertiary/aromatic N) is 3. The third-order valence-electron chi connectivity index (χ3n) is 5.83. The second kappa shape index (κ2) is 8.78. The molecule has 3 unspecified atom stereocenters. The number of benzene rings is 1. The number of nitriles is 1. The Balaban J connectivity index is 1.74. The predicted molar refractivity (Wildman–Crippen MR) is 112 cm³/mol. The fourth-order valence-corrected chi connectivity index (χ4v) is 4.33. The number of fused-ring (bicyclic) bond motifs is 1. The maximum Gasteiger partial charge on any atom is 0.310 e. The van der Waals surface area contributed by atoms with Crippen LogP contribution in [0.25, 0.3) is 0 Å². The van der Waals surface area contributed by atoms with Gasteiger partial charge in [0, 0.05) is 19.0 Å². The lowest BCUT2D eigenvalue weighted by molar-refractivity contribution is -0.148. The quantitative estimate of drug-likeness (QED) is 0.697. The molecule has 9 nitrogen and oxygen atoms in total. The number of ether oxygens (including phenoxy) is 1. The number of rotatable bonds is 4. The van der Waals surface area contributed by atoms with Gasteiger partial charge in [0.1, 0.15) is 17.6 Å². The van der Waals surface area contributed by atoms with Gasteiger partial charge in [0.25, 0.3) is 5.56 Å². The number of anilines is 2. The Morgan fingerprint density at radius 3 is 2.88 bits per heavy atom. The molecule has 4 rings (SSSR count). The van der Waals surface area contributed by atoms with Gasteiger partial charge in [-0.2, -0.15) is 10.2 Å². The minimum atomic E-state index is -1.28. The number of esters is 1. The highest BCUT2D eigenvalue weighted by molar-refractivity contribution is 5.98. The van der Waals surface area contributed by atoms with Crippen LogP contribution in [0.2, 0.25) is 0 Å². The topological polar surface area (TPSA) is 128 Å². The molecule has 166 valence electrons. The zero-order valence-corrected chi connectivity index (χ0v) is 17.4. The number of H-pyrrole nitrogens is 1. The minimum Gasteiger partial charge on any atom is -0.466 e. The van der Waals surface area contributed by atoms with Gasteiger partial charge in [0.05, 0.1) is 24.2 Å². The molecular formula is C22H22FN5O4. The summed E-state index contributed by atoms with van der Waals surface area (Å²) in [6.07, 6.45) is 1.37. The highest BCUT2D eigenvalue weighted by Crippen LogP contribution is 2.39. The van der Waals surface area contributed by atoms with Crippen molar-refractivity contribution in [2.45, 2.75) is 25.7 Å². The number of halogens is 1. The predicted octanol–water partition coefficient (Wildman–Crippen LogP) is 1.91. The zero-order chi connectivity index (χ0) is 22.8. The molecule has 2 aliphatic heterocycles. The van der Waals surface area contributed by atoms with E-state index >= 15 is 0 Å². The van der Waals surface area contributed by atoms with Crippen molar-refractivity contribution in [2.24, 2.45) is 11.8 Å². The first-order chi connectivity index (χ1) is 15.4. The molecule has 1 amide bonds. The standard InChI is InChI=1S/C22H22FN5O4/c1-2-32-21(31)12-6-5-9-28(11-12)22-26-18-17(20(30)27-22)16(14(10-24)19(29)25-18)13-7-3-4-8-15(13)23/h3-4,7-8,12,14,16H,2,5-6,9,11H2,1H3,(H2,25,26,27,29,30). The number of nitrogens with one attached hydrogen (secondary N) is 2. The van der Waals surface area contributed by atoms with Gasteiger partial charge in [0.2, 0.25) is 11.9 Å². The van der Waals surface area contributed by atoms with Crippen molar-refractivity contribution in [1.82, 2.24) is 9.97 Å². The van der Waals surface area contributed by atoms with Gasteiger partial charge in [-0.05, 0) is 31.4 Å². The van der Waals surface area contributed by atoms with E-state index in [1.54, 1.807) is 17.9 Å². The molecule has 0 spiro atoms. The van der Waals surface area contributed by atoms with Crippen molar-refractivity contribution >= 4 is 23.6 Å². The summed E-state index contributed by atoms with van der Waals surface area (Å²) < 4.78 is 19.7. The van der Waals surface area contributed by atoms with Crippen molar-refractivity contribution in [3.05, 3.63) is 51.6 Å². The Labute approximate surface area is 183 Å². The Morgan fingerprint density at radius 2 is 2.16 bits per heavy atom. The summed E-state index contributed by atoms with van der Waals surface area (Å²) in [5.74, 6) is -4.11. The van der Waals surface area contributed by atoms with E-state index in [9.17, 15) is 24.0 Å². The monoisotopic (exact) mass is 439 g/mol. The van der Waals surface area contributed by atoms with Crippen LogP contribution in [0.1, 0.15) is 36.8 Å². The molecule has 3 atom stereocenters. The molecule has 32 heavy (non-hydrogen) atoms. The van der Waals surface area contributed by atoms with E-state index in [2.05, 4.69) is 15.3 Å². The highest BCUT2D eigenvalue weighted by Gasteiger charge is 2.41. The van der Waals surface area contributed by atoms with Crippen LogP contribution in [0.3, 0.4) is 0 Å². The maximum atomic E-state index is 14.6. The number of aromatic amines is 1. The van der Waals surface area contributed by atoms with Gasteiger partial charge in [-0.25, -0.2) is 4.39 Å². The van der Waals surface area contributed by atoms with Crippen molar-refractivity contribution in [3.8, 4) is 6.07 Å². The average molecular weight is 439 g/mol. The molecule has 0 aliphatic carbocycles. The van der Waals surface area contributed by atoms with Gasteiger partial charge in [-0.3, -0.25) is 19.4 Å². The van der Waals surface area contributed by atoms with Gasteiger partial charge in [-0.15, -0.1) is 0 Å². The first-order valence-corrected chi connectivity index (χ1v) is 10.4. The molecular weight excluding hydrogens is 417 g/mol. The Bertz CT molecular complexity index is 1160. The van der Waals surface area contributed by atoms with E-state index < -0.39 is 29.1 Å². The highest BCUT2D eigenvalue weighted by atomic mass is 19.1. The van der Waals surface area contributed by atoms with E-state index in [-0.39, 0.29) is 41.4 Å². The molecule has 2 aromatic rings. The molecule has 1 saturated heterocycles. The first kappa shape index (κ1) is 21.5. The summed E-state index contributed by atoms with van der Waals surface area (Å²) in [5, 5.41) is 12.1. The van der Waals surface area contributed by atoms with Gasteiger partial charge >= 0.3 is 5.97 Å². The van der Waals surface area contributed by atoms with Crippen LogP contribution in [0.4, 0.5) is 16.2 Å². The van der Waals surface area contributed by atoms with Crippen LogP contribution >= 0.6 is 0 Å². The van der Waals surface area contributed by atoms with Crippen molar-refractivity contribution in [1.29, 1.82) is 5.26 Å². The third-order valence-corrected chi connectivity index (χ3v) is 5.83. The van der Waals surface area contributed by atoms with E-state index in [0.717, 1.165) is 0 Å². The summed E-state index contributed by atoms with van der Waals surface area (Å²) in [7, 11) is 0. The Hall–Kier alpha value is -3.74. The molecule has 2 aliphatic rings. The molecule has 0 bridgehead atoms. The summed E-state index contributed by atoms with van der Waals surface area (Å²) >= 11 is 0. The zero-order valence-electron chi connectivity index (χ0n) is 17.4. The second-order valence-electron chi connectivity index (χ2n) is 7.78. The Morgan fingerprint density at radius 1 is 1.38 bits per heavy atom. The van der Waals surface area contributed by atoms with E-state index in [1.807, 2.05) is 6.07 Å². The van der Waals surface area contributed by atoms with Crippen molar-refractivity contribution < 1.29 is 18.7 Å². The minimum absolute atomic E-state index is 0.00763. The van der Waals surface area contributed by atoms with Crippen LogP contribution in [-0.4, -0.2) is 41.5 Å². The molecule has 10 heteroatoms. The number of carbonyl (C=O) groups excluding carboxylic acids is 2. The fraction of sp³-hybridized carbons (Fsp3) is 0.409. The summed E-state index contributed by atoms with van der Waals surface area (Å²) in [4.78, 5) is 46.8. The number of hydrogen-bond acceptors (Lipinski definition) is 7. The van der Waals surface area contributed by atoms with Gasteiger partial charge in [0.15, 0.2) is 0 Å². The lowest BCUT2D eigenvalue weighted by Gasteiger charge is -2.33. The van der Waals surface area contributed by atoms with Crippen molar-refractivity contribution in [2.75, 3.05) is 29.9 Å². The second-order valence-corrected chi connectivity index (χ2v) is 7.78.